The summed E-state index contributed by atoms with van der Waals surface area (Å²) in [5.74, 6) is 0.138. The van der Waals surface area contributed by atoms with Crippen LogP contribution in [0.3, 0.4) is 0 Å². The Hall–Kier alpha value is -3.87. The van der Waals surface area contributed by atoms with Crippen LogP contribution < -0.4 is 15.7 Å². The summed E-state index contributed by atoms with van der Waals surface area (Å²) in [6.07, 6.45) is 0. The van der Waals surface area contributed by atoms with Gasteiger partial charge in [0.2, 0.25) is 0 Å². The van der Waals surface area contributed by atoms with Crippen LogP contribution in [0.5, 0.6) is 5.75 Å². The van der Waals surface area contributed by atoms with Gasteiger partial charge in [-0.1, -0.05) is 18.2 Å². The number of anilines is 1. The molecule has 0 aliphatic heterocycles. The third-order valence-electron chi connectivity index (χ3n) is 4.85. The van der Waals surface area contributed by atoms with Gasteiger partial charge >= 0.3 is 5.63 Å². The lowest BCUT2D eigenvalue weighted by Crippen LogP contribution is -2.21. The molecule has 4 rings (SSSR count). The van der Waals surface area contributed by atoms with E-state index < -0.39 is 5.63 Å². The second-order valence-corrected chi connectivity index (χ2v) is 7.04. The number of aromatic nitrogens is 2. The monoisotopic (exact) mass is 403 g/mol. The van der Waals surface area contributed by atoms with Crippen molar-refractivity contribution in [2.75, 3.05) is 11.9 Å². The summed E-state index contributed by atoms with van der Waals surface area (Å²) in [4.78, 5) is 24.0. The number of hydrogen-bond acceptors (Lipinski definition) is 5. The summed E-state index contributed by atoms with van der Waals surface area (Å²) in [5.41, 5.74) is 3.95. The zero-order valence-corrected chi connectivity index (χ0v) is 16.9. The first-order valence-electron chi connectivity index (χ1n) is 9.51. The number of nitrogens with one attached hydrogen (secondary N) is 1. The molecule has 30 heavy (non-hydrogen) atoms. The largest absolute Gasteiger partial charge is 0.484 e. The Morgan fingerprint density at radius 2 is 1.87 bits per heavy atom. The average Bonchev–Trinajstić information content (AvgIpc) is 3.00. The summed E-state index contributed by atoms with van der Waals surface area (Å²) in [6, 6.07) is 16.3. The number of para-hydroxylation sites is 1. The van der Waals surface area contributed by atoms with Gasteiger partial charge in [-0.3, -0.25) is 4.79 Å². The quantitative estimate of drug-likeness (QED) is 0.511. The van der Waals surface area contributed by atoms with E-state index in [1.165, 1.54) is 6.07 Å². The van der Waals surface area contributed by atoms with Crippen molar-refractivity contribution in [2.45, 2.75) is 20.8 Å². The van der Waals surface area contributed by atoms with Gasteiger partial charge in [-0.15, -0.1) is 0 Å². The fourth-order valence-electron chi connectivity index (χ4n) is 3.36. The third kappa shape index (κ3) is 3.82. The first kappa shape index (κ1) is 19.4. The van der Waals surface area contributed by atoms with Gasteiger partial charge in [-0.05, 0) is 50.6 Å². The van der Waals surface area contributed by atoms with Crippen LogP contribution in [0.2, 0.25) is 0 Å². The number of hydrogen-bond donors (Lipinski definition) is 1. The topological polar surface area (TPSA) is 86.4 Å². The predicted octanol–water partition coefficient (Wildman–Crippen LogP) is 3.92. The van der Waals surface area contributed by atoms with E-state index in [1.54, 1.807) is 22.9 Å². The summed E-state index contributed by atoms with van der Waals surface area (Å²) >= 11 is 0. The molecule has 0 unspecified atom stereocenters. The first-order valence-corrected chi connectivity index (χ1v) is 9.51. The summed E-state index contributed by atoms with van der Waals surface area (Å²) in [7, 11) is 0. The van der Waals surface area contributed by atoms with Crippen molar-refractivity contribution in [3.8, 4) is 11.4 Å². The predicted molar refractivity (Wildman–Crippen MR) is 114 cm³/mol. The molecule has 0 aliphatic carbocycles. The second kappa shape index (κ2) is 7.87. The van der Waals surface area contributed by atoms with Gasteiger partial charge < -0.3 is 14.5 Å². The number of benzene rings is 2. The molecular formula is C23H21N3O4. The Morgan fingerprint density at radius 3 is 2.63 bits per heavy atom. The molecule has 2 heterocycles. The molecule has 0 saturated heterocycles. The molecule has 1 N–H and O–H groups in total. The lowest BCUT2D eigenvalue weighted by atomic mass is 10.1. The number of carbonyl (C=O) groups is 1. The van der Waals surface area contributed by atoms with E-state index in [-0.39, 0.29) is 12.5 Å². The summed E-state index contributed by atoms with van der Waals surface area (Å²) < 4.78 is 12.6. The van der Waals surface area contributed by atoms with E-state index in [0.717, 1.165) is 22.3 Å². The molecule has 4 aromatic rings. The SMILES string of the molecule is Cc1nn(-c2ccccc2)c(C)c1NC(=O)COc1ccc2c(C)cc(=O)oc2c1. The van der Waals surface area contributed by atoms with Crippen LogP contribution in [0, 0.1) is 20.8 Å². The van der Waals surface area contributed by atoms with Crippen LogP contribution in [0.25, 0.3) is 16.7 Å². The molecule has 0 spiro atoms. The highest BCUT2D eigenvalue weighted by molar-refractivity contribution is 5.93. The van der Waals surface area contributed by atoms with Crippen molar-refractivity contribution in [1.82, 2.24) is 9.78 Å². The number of fused-ring (bicyclic) bond motifs is 1. The van der Waals surface area contributed by atoms with Crippen molar-refractivity contribution >= 4 is 22.6 Å². The zero-order chi connectivity index (χ0) is 21.3. The summed E-state index contributed by atoms with van der Waals surface area (Å²) in [5, 5.41) is 8.22. The lowest BCUT2D eigenvalue weighted by Gasteiger charge is -2.09. The molecule has 0 aliphatic rings. The van der Waals surface area contributed by atoms with Gasteiger partial charge in [-0.25, -0.2) is 9.48 Å². The minimum absolute atomic E-state index is 0.184. The van der Waals surface area contributed by atoms with Crippen LogP contribution in [-0.4, -0.2) is 22.3 Å². The van der Waals surface area contributed by atoms with Gasteiger partial charge in [-0.2, -0.15) is 5.10 Å². The van der Waals surface area contributed by atoms with Gasteiger partial charge in [0.15, 0.2) is 6.61 Å². The minimum atomic E-state index is -0.420. The number of rotatable bonds is 5. The van der Waals surface area contributed by atoms with Gasteiger partial charge in [0.1, 0.15) is 11.3 Å². The van der Waals surface area contributed by atoms with E-state index in [0.29, 0.717) is 22.7 Å². The maximum absolute atomic E-state index is 12.5. The minimum Gasteiger partial charge on any atom is -0.484 e. The molecule has 1 amide bonds. The molecule has 2 aromatic heterocycles. The molecule has 7 nitrogen and oxygen atoms in total. The Bertz CT molecular complexity index is 1290. The standard InChI is InChI=1S/C23H21N3O4/c1-14-11-22(28)30-20-12-18(9-10-19(14)20)29-13-21(27)24-23-15(2)25-26(16(23)3)17-7-5-4-6-8-17/h4-12H,13H2,1-3H3,(H,24,27). The highest BCUT2D eigenvalue weighted by Gasteiger charge is 2.15. The first-order chi connectivity index (χ1) is 14.4. The van der Waals surface area contributed by atoms with Crippen LogP contribution in [0.1, 0.15) is 17.0 Å². The molecule has 0 saturated carbocycles. The Kier molecular flexibility index (Phi) is 5.10. The van der Waals surface area contributed by atoms with Crippen LogP contribution in [0.4, 0.5) is 5.69 Å². The number of carbonyl (C=O) groups excluding carboxylic acids is 1. The van der Waals surface area contributed by atoms with E-state index in [4.69, 9.17) is 9.15 Å². The van der Waals surface area contributed by atoms with Crippen LogP contribution in [-0.2, 0) is 4.79 Å². The molecule has 152 valence electrons. The molecule has 0 atom stereocenters. The molecule has 7 heteroatoms. The van der Waals surface area contributed by atoms with E-state index >= 15 is 0 Å². The fraction of sp³-hybridized carbons (Fsp3) is 0.174. The Morgan fingerprint density at radius 1 is 1.10 bits per heavy atom. The lowest BCUT2D eigenvalue weighted by molar-refractivity contribution is -0.118. The van der Waals surface area contributed by atoms with E-state index in [2.05, 4.69) is 10.4 Å². The Balaban J connectivity index is 1.48. The molecule has 0 bridgehead atoms. The van der Waals surface area contributed by atoms with Crippen LogP contribution >= 0.6 is 0 Å². The van der Waals surface area contributed by atoms with Crippen molar-refractivity contribution in [1.29, 1.82) is 0 Å². The fourth-order valence-corrected chi connectivity index (χ4v) is 3.36. The number of ether oxygens (including phenoxy) is 1. The number of nitrogens with zero attached hydrogens (tertiary/aromatic N) is 2. The smallest absolute Gasteiger partial charge is 0.336 e. The second-order valence-electron chi connectivity index (χ2n) is 7.04. The van der Waals surface area contributed by atoms with Crippen molar-refractivity contribution in [3.63, 3.8) is 0 Å². The molecule has 2 aromatic carbocycles. The molecular weight excluding hydrogens is 382 g/mol. The third-order valence-corrected chi connectivity index (χ3v) is 4.85. The van der Waals surface area contributed by atoms with Crippen molar-refractivity contribution in [2.24, 2.45) is 0 Å². The average molecular weight is 403 g/mol. The van der Waals surface area contributed by atoms with E-state index in [9.17, 15) is 9.59 Å². The number of aryl methyl sites for hydroxylation is 2. The highest BCUT2D eigenvalue weighted by atomic mass is 16.5. The Labute approximate surface area is 172 Å². The summed E-state index contributed by atoms with van der Waals surface area (Å²) in [6.45, 7) is 5.40. The van der Waals surface area contributed by atoms with Crippen molar-refractivity contribution in [3.05, 3.63) is 82.0 Å². The van der Waals surface area contributed by atoms with E-state index in [1.807, 2.05) is 51.1 Å². The van der Waals surface area contributed by atoms with Gasteiger partial charge in [0.05, 0.1) is 22.8 Å². The van der Waals surface area contributed by atoms with Crippen LogP contribution in [0.15, 0.2) is 63.8 Å². The normalized spacial score (nSPS) is 10.9. The van der Waals surface area contributed by atoms with Crippen molar-refractivity contribution < 1.29 is 13.9 Å². The van der Waals surface area contributed by atoms with Gasteiger partial charge in [0, 0.05) is 17.5 Å². The maximum atomic E-state index is 12.5. The highest BCUT2D eigenvalue weighted by Crippen LogP contribution is 2.24. The molecule has 0 fully saturated rings. The number of amides is 1. The van der Waals surface area contributed by atoms with Gasteiger partial charge in [0.25, 0.3) is 5.91 Å². The zero-order valence-electron chi connectivity index (χ0n) is 16.9. The maximum Gasteiger partial charge on any atom is 0.336 e. The molecule has 0 radical (unpaired) electrons.